The molecule has 3 aliphatic heterocycles. The van der Waals surface area contributed by atoms with Crippen LogP contribution in [0.5, 0.6) is 5.75 Å². The number of pyridine rings is 3. The minimum absolute atomic E-state index is 0.0239. The van der Waals surface area contributed by atoms with Crippen LogP contribution in [0.15, 0.2) is 55.4 Å². The molecule has 0 aromatic carbocycles. The standard InChI is InChI=1S/C41H53N7O8/c49-38(15-28-9-26(16-45-18-28)12-35(39(50)51)31-1-4-42-21-31)48(25-30-10-27(17-46-20-30)13-36(40(52)53)32-2-5-43-22-32)7-8-56-34-11-29(19-47-24-34)14-37(41(54)55)33-3-6-44-23-33/h9-11,16-20,24,31-33,35-37,42-44H,1-8,12-15,21-23,25H2,(H,50,51)(H,52,53)(H,54,55). The molecule has 1 amide bonds. The van der Waals surface area contributed by atoms with Crippen LogP contribution in [-0.4, -0.2) is 111 Å². The third-order valence-corrected chi connectivity index (χ3v) is 11.5. The number of amides is 1. The molecule has 0 saturated carbocycles. The van der Waals surface area contributed by atoms with Gasteiger partial charge in [0, 0.05) is 37.5 Å². The van der Waals surface area contributed by atoms with Crippen molar-refractivity contribution in [1.82, 2.24) is 35.8 Å². The van der Waals surface area contributed by atoms with Gasteiger partial charge in [-0.1, -0.05) is 12.1 Å². The minimum Gasteiger partial charge on any atom is -0.490 e. The third-order valence-electron chi connectivity index (χ3n) is 11.5. The first-order chi connectivity index (χ1) is 27.1. The average Bonchev–Trinajstić information content (AvgIpc) is 4.00. The van der Waals surface area contributed by atoms with Crippen molar-refractivity contribution in [2.24, 2.45) is 35.5 Å². The number of nitrogens with zero attached hydrogens (tertiary/aromatic N) is 4. The van der Waals surface area contributed by atoms with Gasteiger partial charge in [-0.2, -0.15) is 0 Å². The summed E-state index contributed by atoms with van der Waals surface area (Å²) in [5.74, 6) is -3.80. The van der Waals surface area contributed by atoms with Gasteiger partial charge >= 0.3 is 17.9 Å². The van der Waals surface area contributed by atoms with Crippen molar-refractivity contribution >= 4 is 23.8 Å². The topological polar surface area (TPSA) is 216 Å². The van der Waals surface area contributed by atoms with Gasteiger partial charge in [0.1, 0.15) is 12.4 Å². The monoisotopic (exact) mass is 771 g/mol. The highest BCUT2D eigenvalue weighted by molar-refractivity contribution is 5.79. The molecule has 0 radical (unpaired) electrons. The molecule has 0 spiro atoms. The van der Waals surface area contributed by atoms with Crippen molar-refractivity contribution in [3.8, 4) is 5.75 Å². The smallest absolute Gasteiger partial charge is 0.307 e. The first-order valence-electron chi connectivity index (χ1n) is 19.6. The van der Waals surface area contributed by atoms with Crippen molar-refractivity contribution in [3.05, 3.63) is 83.2 Å². The molecule has 3 saturated heterocycles. The van der Waals surface area contributed by atoms with E-state index in [1.165, 1.54) is 0 Å². The van der Waals surface area contributed by atoms with Crippen molar-refractivity contribution in [2.45, 2.75) is 51.5 Å². The van der Waals surface area contributed by atoms with Crippen LogP contribution in [0.3, 0.4) is 0 Å². The molecule has 15 heteroatoms. The molecule has 3 aliphatic rings. The fourth-order valence-corrected chi connectivity index (χ4v) is 8.41. The van der Waals surface area contributed by atoms with Crippen LogP contribution in [0.4, 0.5) is 0 Å². The molecule has 0 bridgehead atoms. The molecule has 300 valence electrons. The number of carboxylic acid groups (broad SMARTS) is 3. The second-order valence-electron chi connectivity index (χ2n) is 15.5. The quantitative estimate of drug-likeness (QED) is 0.0971. The van der Waals surface area contributed by atoms with Gasteiger partial charge in [-0.15, -0.1) is 0 Å². The Kier molecular flexibility index (Phi) is 14.3. The number of carboxylic acids is 3. The van der Waals surface area contributed by atoms with Crippen LogP contribution >= 0.6 is 0 Å². The molecule has 3 aromatic heterocycles. The van der Waals surface area contributed by atoms with E-state index in [2.05, 4.69) is 30.9 Å². The number of carbonyl (C=O) groups excluding carboxylic acids is 1. The van der Waals surface area contributed by atoms with E-state index in [4.69, 9.17) is 4.74 Å². The van der Waals surface area contributed by atoms with Gasteiger partial charge in [0.05, 0.1) is 36.9 Å². The summed E-state index contributed by atoms with van der Waals surface area (Å²) in [4.78, 5) is 65.3. The predicted molar refractivity (Wildman–Crippen MR) is 205 cm³/mol. The van der Waals surface area contributed by atoms with E-state index in [1.807, 2.05) is 12.1 Å². The zero-order valence-corrected chi connectivity index (χ0v) is 31.6. The van der Waals surface area contributed by atoms with Crippen molar-refractivity contribution in [3.63, 3.8) is 0 Å². The van der Waals surface area contributed by atoms with Gasteiger partial charge in [-0.3, -0.25) is 34.1 Å². The van der Waals surface area contributed by atoms with E-state index >= 15 is 0 Å². The first kappa shape index (κ1) is 40.7. The fraction of sp³-hybridized carbons (Fsp3) is 0.537. The molecule has 15 nitrogen and oxygen atoms in total. The summed E-state index contributed by atoms with van der Waals surface area (Å²) in [7, 11) is 0. The molecule has 3 aromatic rings. The van der Waals surface area contributed by atoms with E-state index in [9.17, 15) is 34.5 Å². The number of rotatable bonds is 20. The average molecular weight is 772 g/mol. The lowest BCUT2D eigenvalue weighted by Crippen LogP contribution is -2.35. The molecule has 3 fully saturated rings. The fourth-order valence-electron chi connectivity index (χ4n) is 8.41. The number of hydrogen-bond donors (Lipinski definition) is 6. The molecule has 56 heavy (non-hydrogen) atoms. The lowest BCUT2D eigenvalue weighted by atomic mass is 9.86. The maximum atomic E-state index is 14.1. The van der Waals surface area contributed by atoms with Gasteiger partial charge < -0.3 is 40.9 Å². The summed E-state index contributed by atoms with van der Waals surface area (Å²) in [6.07, 6.45) is 13.3. The largest absolute Gasteiger partial charge is 0.490 e. The highest BCUT2D eigenvalue weighted by atomic mass is 16.5. The maximum absolute atomic E-state index is 14.1. The number of aliphatic carboxylic acids is 3. The van der Waals surface area contributed by atoms with Crippen LogP contribution < -0.4 is 20.7 Å². The molecule has 6 unspecified atom stereocenters. The molecule has 6 heterocycles. The predicted octanol–water partition coefficient (Wildman–Crippen LogP) is 2.08. The minimum atomic E-state index is -0.842. The lowest BCUT2D eigenvalue weighted by Gasteiger charge is -2.24. The van der Waals surface area contributed by atoms with E-state index in [1.54, 1.807) is 48.1 Å². The maximum Gasteiger partial charge on any atom is 0.307 e. The number of aromatic nitrogens is 3. The van der Waals surface area contributed by atoms with E-state index in [0.717, 1.165) is 61.2 Å². The summed E-state index contributed by atoms with van der Waals surface area (Å²) < 4.78 is 6.10. The van der Waals surface area contributed by atoms with Gasteiger partial charge in [-0.25, -0.2) is 0 Å². The summed E-state index contributed by atoms with van der Waals surface area (Å²) >= 11 is 0. The van der Waals surface area contributed by atoms with Crippen molar-refractivity contribution < 1.29 is 39.2 Å². The highest BCUT2D eigenvalue weighted by Gasteiger charge is 2.33. The van der Waals surface area contributed by atoms with Gasteiger partial charge in [0.25, 0.3) is 0 Å². The normalized spacial score (nSPS) is 21.0. The van der Waals surface area contributed by atoms with Crippen LogP contribution in [0.2, 0.25) is 0 Å². The van der Waals surface area contributed by atoms with Gasteiger partial charge in [-0.05, 0) is 129 Å². The van der Waals surface area contributed by atoms with Gasteiger partial charge in [0.2, 0.25) is 5.91 Å². The highest BCUT2D eigenvalue weighted by Crippen LogP contribution is 2.27. The summed E-state index contributed by atoms with van der Waals surface area (Å²) in [5, 5.41) is 39.6. The lowest BCUT2D eigenvalue weighted by molar-refractivity contribution is -0.144. The third kappa shape index (κ3) is 11.3. The van der Waals surface area contributed by atoms with Crippen LogP contribution in [-0.2, 0) is 51.4 Å². The molecule has 0 aliphatic carbocycles. The Balaban J connectivity index is 1.15. The van der Waals surface area contributed by atoms with E-state index in [0.29, 0.717) is 50.2 Å². The summed E-state index contributed by atoms with van der Waals surface area (Å²) in [6.45, 7) is 4.91. The van der Waals surface area contributed by atoms with Crippen LogP contribution in [0.1, 0.15) is 47.1 Å². The zero-order valence-electron chi connectivity index (χ0n) is 31.6. The molecular weight excluding hydrogens is 718 g/mol. The Hall–Kier alpha value is -4.99. The summed E-state index contributed by atoms with van der Waals surface area (Å²) in [6, 6.07) is 5.56. The molecule has 6 atom stereocenters. The summed E-state index contributed by atoms with van der Waals surface area (Å²) in [5.41, 5.74) is 3.70. The molecule has 6 rings (SSSR count). The number of ether oxygens (including phenoxy) is 1. The number of hydrogen-bond acceptors (Lipinski definition) is 11. The molecular formula is C41H53N7O8. The van der Waals surface area contributed by atoms with Crippen molar-refractivity contribution in [1.29, 1.82) is 0 Å². The second kappa shape index (κ2) is 19.7. The van der Waals surface area contributed by atoms with Gasteiger partial charge in [0.15, 0.2) is 0 Å². The van der Waals surface area contributed by atoms with Crippen LogP contribution in [0, 0.1) is 35.5 Å². The Bertz CT molecular complexity index is 1810. The Morgan fingerprint density at radius 1 is 0.625 bits per heavy atom. The van der Waals surface area contributed by atoms with Crippen LogP contribution in [0.25, 0.3) is 0 Å². The second-order valence-corrected chi connectivity index (χ2v) is 15.5. The Morgan fingerprint density at radius 2 is 1.05 bits per heavy atom. The SMILES string of the molecule is O=C(O)C(Cc1cncc(CC(=O)N(CCOc2cncc(CC(C(=O)O)C3CCNC3)c2)Cc2cncc(CC(C(=O)O)C3CCNC3)c2)c1)C1CCNC1. The van der Waals surface area contributed by atoms with E-state index in [-0.39, 0.29) is 49.8 Å². The number of nitrogens with one attached hydrogen (secondary N) is 3. The Morgan fingerprint density at radius 3 is 1.52 bits per heavy atom. The Labute approximate surface area is 326 Å². The number of carbonyl (C=O) groups is 4. The van der Waals surface area contributed by atoms with Crippen molar-refractivity contribution in [2.75, 3.05) is 52.4 Å². The zero-order chi connectivity index (χ0) is 39.4. The first-order valence-corrected chi connectivity index (χ1v) is 19.6. The van der Waals surface area contributed by atoms with E-state index < -0.39 is 35.7 Å². The molecule has 6 N–H and O–H groups in total.